The van der Waals surface area contributed by atoms with Gasteiger partial charge in [-0.15, -0.1) is 11.6 Å². The molecule has 0 heterocycles. The van der Waals surface area contributed by atoms with Crippen LogP contribution in [0.3, 0.4) is 0 Å². The predicted octanol–water partition coefficient (Wildman–Crippen LogP) is 2.65. The van der Waals surface area contributed by atoms with Gasteiger partial charge in [-0.1, -0.05) is 12.1 Å². The lowest BCUT2D eigenvalue weighted by Gasteiger charge is -2.05. The first-order chi connectivity index (χ1) is 6.15. The molecule has 0 spiro atoms. The first-order valence-electron chi connectivity index (χ1n) is 4.16. The minimum Gasteiger partial charge on any atom is -0.254 e. The summed E-state index contributed by atoms with van der Waals surface area (Å²) >= 11 is 5.55. The third-order valence-electron chi connectivity index (χ3n) is 1.85. The minimum absolute atomic E-state index is 0.444. The Morgan fingerprint density at radius 2 is 2.08 bits per heavy atom. The lowest BCUT2D eigenvalue weighted by atomic mass is 10.2. The van der Waals surface area contributed by atoms with Crippen molar-refractivity contribution in [2.24, 2.45) is 0 Å². The standard InChI is InChI=1S/C10H13ClOS/c1-8-3-4-9(2)10(7-8)13(12)6-5-11/h3-4,7H,5-6H2,1-2H3/t13-/m0/s1. The van der Waals surface area contributed by atoms with Crippen LogP contribution in [0.2, 0.25) is 0 Å². The lowest BCUT2D eigenvalue weighted by molar-refractivity contribution is 0.683. The number of aryl methyl sites for hydroxylation is 2. The molecule has 13 heavy (non-hydrogen) atoms. The van der Waals surface area contributed by atoms with Gasteiger partial charge in [-0.2, -0.15) is 0 Å². The Morgan fingerprint density at radius 3 is 2.69 bits per heavy atom. The molecule has 1 nitrogen and oxygen atoms in total. The summed E-state index contributed by atoms with van der Waals surface area (Å²) in [4.78, 5) is 0.917. The molecular weight excluding hydrogens is 204 g/mol. The molecule has 0 aliphatic rings. The molecule has 1 aromatic rings. The summed E-state index contributed by atoms with van der Waals surface area (Å²) < 4.78 is 11.6. The van der Waals surface area contributed by atoms with Gasteiger partial charge in [-0.25, -0.2) is 0 Å². The number of hydrogen-bond acceptors (Lipinski definition) is 1. The van der Waals surface area contributed by atoms with Crippen LogP contribution in [0.4, 0.5) is 0 Å². The number of rotatable bonds is 3. The van der Waals surface area contributed by atoms with E-state index in [4.69, 9.17) is 11.6 Å². The number of hydrogen-bond donors (Lipinski definition) is 0. The topological polar surface area (TPSA) is 17.1 Å². The Kier molecular flexibility index (Phi) is 3.94. The molecule has 0 radical (unpaired) electrons. The third kappa shape index (κ3) is 2.82. The highest BCUT2D eigenvalue weighted by molar-refractivity contribution is 7.85. The second-order valence-corrected chi connectivity index (χ2v) is 4.92. The predicted molar refractivity (Wildman–Crippen MR) is 57.9 cm³/mol. The van der Waals surface area contributed by atoms with Gasteiger partial charge in [0.25, 0.3) is 0 Å². The second-order valence-electron chi connectivity index (χ2n) is 3.01. The first kappa shape index (κ1) is 10.7. The summed E-state index contributed by atoms with van der Waals surface area (Å²) in [5.41, 5.74) is 2.22. The molecule has 72 valence electrons. The van der Waals surface area contributed by atoms with Gasteiger partial charge >= 0.3 is 0 Å². The van der Waals surface area contributed by atoms with Crippen LogP contribution < -0.4 is 0 Å². The molecule has 3 heteroatoms. The quantitative estimate of drug-likeness (QED) is 0.710. The fraction of sp³-hybridized carbons (Fsp3) is 0.400. The van der Waals surface area contributed by atoms with Crippen molar-refractivity contribution in [2.75, 3.05) is 11.6 Å². The SMILES string of the molecule is Cc1ccc(C)c([S@@](=O)CCCl)c1. The summed E-state index contributed by atoms with van der Waals surface area (Å²) in [6, 6.07) is 5.99. The average molecular weight is 217 g/mol. The second kappa shape index (κ2) is 4.77. The molecule has 1 rings (SSSR count). The van der Waals surface area contributed by atoms with Crippen LogP contribution in [0.15, 0.2) is 23.1 Å². The van der Waals surface area contributed by atoms with Crippen molar-refractivity contribution in [2.45, 2.75) is 18.7 Å². The van der Waals surface area contributed by atoms with E-state index < -0.39 is 10.8 Å². The van der Waals surface area contributed by atoms with Gasteiger partial charge in [0.05, 0.1) is 10.8 Å². The number of benzene rings is 1. The van der Waals surface area contributed by atoms with E-state index in [0.717, 1.165) is 16.0 Å². The van der Waals surface area contributed by atoms with Gasteiger partial charge in [0.1, 0.15) is 0 Å². The molecule has 0 fully saturated rings. The lowest BCUT2D eigenvalue weighted by Crippen LogP contribution is -2.01. The van der Waals surface area contributed by atoms with Crippen molar-refractivity contribution >= 4 is 22.4 Å². The fourth-order valence-electron chi connectivity index (χ4n) is 1.13. The molecule has 1 atom stereocenters. The molecule has 0 aromatic heterocycles. The molecule has 0 saturated heterocycles. The van der Waals surface area contributed by atoms with Crippen LogP contribution in [0.1, 0.15) is 11.1 Å². The normalized spacial score (nSPS) is 12.8. The summed E-state index contributed by atoms with van der Waals surface area (Å²) in [6.07, 6.45) is 0. The van der Waals surface area contributed by atoms with Crippen LogP contribution in [0, 0.1) is 13.8 Å². The van der Waals surface area contributed by atoms with Crippen molar-refractivity contribution in [3.8, 4) is 0 Å². The van der Waals surface area contributed by atoms with E-state index in [2.05, 4.69) is 0 Å². The smallest absolute Gasteiger partial charge is 0.0544 e. The Balaban J connectivity index is 2.99. The van der Waals surface area contributed by atoms with Gasteiger partial charge in [-0.3, -0.25) is 4.21 Å². The molecule has 1 aromatic carbocycles. The van der Waals surface area contributed by atoms with Crippen LogP contribution in [0.5, 0.6) is 0 Å². The van der Waals surface area contributed by atoms with E-state index in [1.165, 1.54) is 0 Å². The average Bonchev–Trinajstić information content (AvgIpc) is 2.09. The number of alkyl halides is 1. The highest BCUT2D eigenvalue weighted by Gasteiger charge is 2.06. The van der Waals surface area contributed by atoms with Crippen LogP contribution in [-0.4, -0.2) is 15.8 Å². The third-order valence-corrected chi connectivity index (χ3v) is 3.77. The zero-order valence-corrected chi connectivity index (χ0v) is 9.41. The Labute approximate surface area is 86.6 Å². The van der Waals surface area contributed by atoms with Crippen molar-refractivity contribution in [1.29, 1.82) is 0 Å². The van der Waals surface area contributed by atoms with Crippen molar-refractivity contribution < 1.29 is 4.21 Å². The maximum absolute atomic E-state index is 11.6. The van der Waals surface area contributed by atoms with Crippen LogP contribution in [0.25, 0.3) is 0 Å². The zero-order chi connectivity index (χ0) is 9.84. The summed E-state index contributed by atoms with van der Waals surface area (Å²) in [6.45, 7) is 3.97. The highest BCUT2D eigenvalue weighted by Crippen LogP contribution is 2.15. The maximum Gasteiger partial charge on any atom is 0.0544 e. The van der Waals surface area contributed by atoms with Crippen molar-refractivity contribution in [3.63, 3.8) is 0 Å². The summed E-state index contributed by atoms with van der Waals surface area (Å²) in [5, 5.41) is 0. The van der Waals surface area contributed by atoms with Gasteiger partial charge < -0.3 is 0 Å². The van der Waals surface area contributed by atoms with Crippen LogP contribution >= 0.6 is 11.6 Å². The highest BCUT2D eigenvalue weighted by atomic mass is 35.5. The molecule has 0 bridgehead atoms. The largest absolute Gasteiger partial charge is 0.254 e. The van der Waals surface area contributed by atoms with Gasteiger partial charge in [0.2, 0.25) is 0 Å². The molecule has 0 saturated carbocycles. The molecule has 0 aliphatic heterocycles. The van der Waals surface area contributed by atoms with E-state index in [0.29, 0.717) is 11.6 Å². The Bertz CT molecular complexity index is 323. The van der Waals surface area contributed by atoms with E-state index in [9.17, 15) is 4.21 Å². The van der Waals surface area contributed by atoms with Gasteiger partial charge in [-0.05, 0) is 31.0 Å². The molecule has 0 N–H and O–H groups in total. The van der Waals surface area contributed by atoms with E-state index >= 15 is 0 Å². The van der Waals surface area contributed by atoms with E-state index in [1.807, 2.05) is 32.0 Å². The molecular formula is C10H13ClOS. The summed E-state index contributed by atoms with van der Waals surface area (Å²) in [5.74, 6) is 0.978. The summed E-state index contributed by atoms with van der Waals surface area (Å²) in [7, 11) is -0.937. The number of halogens is 1. The van der Waals surface area contributed by atoms with Crippen molar-refractivity contribution in [3.05, 3.63) is 29.3 Å². The Morgan fingerprint density at radius 1 is 1.38 bits per heavy atom. The van der Waals surface area contributed by atoms with E-state index in [-0.39, 0.29) is 0 Å². The fourth-order valence-corrected chi connectivity index (χ4v) is 2.66. The monoisotopic (exact) mass is 216 g/mol. The van der Waals surface area contributed by atoms with Crippen LogP contribution in [-0.2, 0) is 10.8 Å². The maximum atomic E-state index is 11.6. The van der Waals surface area contributed by atoms with Gasteiger partial charge in [0.15, 0.2) is 0 Å². The minimum atomic E-state index is -0.937. The Hall–Kier alpha value is -0.340. The zero-order valence-electron chi connectivity index (χ0n) is 7.84. The molecule has 0 amide bonds. The van der Waals surface area contributed by atoms with Crippen molar-refractivity contribution in [1.82, 2.24) is 0 Å². The first-order valence-corrected chi connectivity index (χ1v) is 6.02. The molecule has 0 unspecified atom stereocenters. The van der Waals surface area contributed by atoms with Gasteiger partial charge in [0, 0.05) is 16.5 Å². The molecule has 0 aliphatic carbocycles. The van der Waals surface area contributed by atoms with E-state index in [1.54, 1.807) is 0 Å².